The highest BCUT2D eigenvalue weighted by Gasteiger charge is 2.22. The Kier molecular flexibility index (Phi) is 8.61. The van der Waals surface area contributed by atoms with E-state index >= 15 is 0 Å². The zero-order valence-corrected chi connectivity index (χ0v) is 20.6. The highest BCUT2D eigenvalue weighted by atomic mass is 32.2. The average molecular weight is 474 g/mol. The van der Waals surface area contributed by atoms with Crippen LogP contribution in [0.3, 0.4) is 0 Å². The van der Waals surface area contributed by atoms with Gasteiger partial charge >= 0.3 is 0 Å². The molecule has 0 saturated carbocycles. The summed E-state index contributed by atoms with van der Waals surface area (Å²) in [4.78, 5) is 15.1. The number of amides is 1. The molecule has 0 radical (unpaired) electrons. The van der Waals surface area contributed by atoms with Crippen LogP contribution in [0.4, 0.5) is 11.4 Å². The van der Waals surface area contributed by atoms with E-state index in [1.54, 1.807) is 24.3 Å². The number of benzene rings is 2. The van der Waals surface area contributed by atoms with Crippen molar-refractivity contribution in [3.63, 3.8) is 0 Å². The second-order valence-corrected chi connectivity index (χ2v) is 10.4. The molecular formula is C25H35N3O4S. The summed E-state index contributed by atoms with van der Waals surface area (Å²) in [7, 11) is -3.64. The quantitative estimate of drug-likeness (QED) is 0.562. The number of piperidine rings is 1. The Morgan fingerprint density at radius 1 is 1.06 bits per heavy atom. The van der Waals surface area contributed by atoms with Crippen molar-refractivity contribution in [1.82, 2.24) is 5.32 Å². The van der Waals surface area contributed by atoms with E-state index in [4.69, 9.17) is 4.74 Å². The molecule has 1 saturated heterocycles. The van der Waals surface area contributed by atoms with Crippen LogP contribution in [0.5, 0.6) is 5.75 Å². The molecule has 2 aromatic rings. The van der Waals surface area contributed by atoms with Crippen LogP contribution >= 0.6 is 0 Å². The van der Waals surface area contributed by atoms with Crippen molar-refractivity contribution in [3.8, 4) is 5.75 Å². The first kappa shape index (κ1) is 24.9. The van der Waals surface area contributed by atoms with E-state index in [9.17, 15) is 13.2 Å². The fraction of sp³-hybridized carbons (Fsp3) is 0.480. The molecule has 180 valence electrons. The molecule has 3 rings (SSSR count). The Labute approximate surface area is 197 Å². The minimum atomic E-state index is -3.64. The zero-order chi connectivity index (χ0) is 23.8. The number of nitrogens with one attached hydrogen (secondary N) is 1. The van der Waals surface area contributed by atoms with Gasteiger partial charge in [-0.25, -0.2) is 8.42 Å². The molecule has 0 spiro atoms. The molecule has 1 unspecified atom stereocenters. The predicted molar refractivity (Wildman–Crippen MR) is 133 cm³/mol. The van der Waals surface area contributed by atoms with Gasteiger partial charge in [0.25, 0.3) is 0 Å². The van der Waals surface area contributed by atoms with Crippen LogP contribution in [0.1, 0.15) is 51.1 Å². The van der Waals surface area contributed by atoms with Crippen LogP contribution in [0.2, 0.25) is 0 Å². The molecular weight excluding hydrogens is 438 g/mol. The molecule has 7 nitrogen and oxygen atoms in total. The minimum absolute atomic E-state index is 0.237. The topological polar surface area (TPSA) is 79.0 Å². The number of ether oxygens (including phenoxy) is 1. The lowest BCUT2D eigenvalue weighted by molar-refractivity contribution is -0.120. The molecule has 8 heteroatoms. The van der Waals surface area contributed by atoms with Crippen LogP contribution in [-0.2, 0) is 14.8 Å². The second-order valence-electron chi connectivity index (χ2n) is 8.54. The van der Waals surface area contributed by atoms with Gasteiger partial charge in [-0.05, 0) is 74.6 Å². The Morgan fingerprint density at radius 3 is 2.27 bits per heavy atom. The van der Waals surface area contributed by atoms with E-state index in [2.05, 4.69) is 22.3 Å². The molecule has 1 heterocycles. The molecule has 1 aliphatic heterocycles. The number of rotatable bonds is 10. The normalized spacial score (nSPS) is 15.1. The molecule has 1 atom stereocenters. The lowest BCUT2D eigenvalue weighted by Crippen LogP contribution is -2.41. The Morgan fingerprint density at radius 2 is 1.70 bits per heavy atom. The summed E-state index contributed by atoms with van der Waals surface area (Å²) in [5.74, 6) is 0.305. The first-order chi connectivity index (χ1) is 15.8. The number of sulfonamides is 1. The zero-order valence-electron chi connectivity index (χ0n) is 19.8. The smallest absolute Gasteiger partial charge is 0.241 e. The molecule has 0 bridgehead atoms. The third-order valence-electron chi connectivity index (χ3n) is 5.78. The first-order valence-corrected chi connectivity index (χ1v) is 13.5. The van der Waals surface area contributed by atoms with Gasteiger partial charge in [0.15, 0.2) is 0 Å². The second kappa shape index (κ2) is 11.4. The summed E-state index contributed by atoms with van der Waals surface area (Å²) in [5, 5.41) is 2.92. The van der Waals surface area contributed by atoms with Crippen LogP contribution in [-0.4, -0.2) is 46.8 Å². The molecule has 1 N–H and O–H groups in total. The van der Waals surface area contributed by atoms with Gasteiger partial charge in [-0.2, -0.15) is 0 Å². The highest BCUT2D eigenvalue weighted by molar-refractivity contribution is 7.92. The molecule has 0 aromatic heterocycles. The molecule has 2 aromatic carbocycles. The van der Waals surface area contributed by atoms with Gasteiger partial charge in [-0.1, -0.05) is 19.1 Å². The van der Waals surface area contributed by atoms with Gasteiger partial charge in [0.1, 0.15) is 12.3 Å². The largest absolute Gasteiger partial charge is 0.494 e. The van der Waals surface area contributed by atoms with Crippen molar-refractivity contribution < 1.29 is 17.9 Å². The maximum atomic E-state index is 12.7. The average Bonchev–Trinajstić information content (AvgIpc) is 2.81. The van der Waals surface area contributed by atoms with Crippen LogP contribution in [0.25, 0.3) is 0 Å². The van der Waals surface area contributed by atoms with Crippen molar-refractivity contribution >= 4 is 27.3 Å². The van der Waals surface area contributed by atoms with Gasteiger partial charge in [-0.15, -0.1) is 0 Å². The molecule has 1 aliphatic rings. The van der Waals surface area contributed by atoms with Crippen LogP contribution < -0.4 is 19.3 Å². The third-order valence-corrected chi connectivity index (χ3v) is 6.92. The summed E-state index contributed by atoms with van der Waals surface area (Å²) < 4.78 is 31.4. The van der Waals surface area contributed by atoms with E-state index in [0.717, 1.165) is 35.6 Å². The van der Waals surface area contributed by atoms with E-state index in [-0.39, 0.29) is 18.5 Å². The Balaban J connectivity index is 1.62. The first-order valence-electron chi connectivity index (χ1n) is 11.6. The fourth-order valence-electron chi connectivity index (χ4n) is 3.96. The highest BCUT2D eigenvalue weighted by Crippen LogP contribution is 2.24. The van der Waals surface area contributed by atoms with E-state index < -0.39 is 10.0 Å². The van der Waals surface area contributed by atoms with Crippen molar-refractivity contribution in [3.05, 3.63) is 54.1 Å². The van der Waals surface area contributed by atoms with Gasteiger partial charge in [0.2, 0.25) is 15.9 Å². The lowest BCUT2D eigenvalue weighted by Gasteiger charge is -2.29. The summed E-state index contributed by atoms with van der Waals surface area (Å²) in [6.07, 6.45) is 5.72. The maximum Gasteiger partial charge on any atom is 0.241 e. The van der Waals surface area contributed by atoms with Gasteiger partial charge in [0.05, 0.1) is 24.6 Å². The minimum Gasteiger partial charge on any atom is -0.494 e. The van der Waals surface area contributed by atoms with E-state index in [1.807, 2.05) is 26.0 Å². The van der Waals surface area contributed by atoms with Crippen molar-refractivity contribution in [2.75, 3.05) is 41.7 Å². The molecule has 0 aliphatic carbocycles. The van der Waals surface area contributed by atoms with E-state index in [1.165, 1.54) is 24.9 Å². The number of hydrogen-bond acceptors (Lipinski definition) is 5. The van der Waals surface area contributed by atoms with Crippen LogP contribution in [0, 0.1) is 0 Å². The molecule has 1 fully saturated rings. The molecule has 1 amide bonds. The number of nitrogens with zero attached hydrogens (tertiary/aromatic N) is 2. The fourth-order valence-corrected chi connectivity index (χ4v) is 4.81. The summed E-state index contributed by atoms with van der Waals surface area (Å²) in [6, 6.07) is 14.7. The monoisotopic (exact) mass is 473 g/mol. The van der Waals surface area contributed by atoms with Crippen molar-refractivity contribution in [2.24, 2.45) is 0 Å². The number of carbonyl (C=O) groups excluding carboxylic acids is 1. The maximum absolute atomic E-state index is 12.7. The predicted octanol–water partition coefficient (Wildman–Crippen LogP) is 4.11. The van der Waals surface area contributed by atoms with Gasteiger partial charge in [0, 0.05) is 18.8 Å². The van der Waals surface area contributed by atoms with Gasteiger partial charge in [-0.3, -0.25) is 9.10 Å². The lowest BCUT2D eigenvalue weighted by atomic mass is 10.1. The van der Waals surface area contributed by atoms with Crippen molar-refractivity contribution in [2.45, 2.75) is 45.6 Å². The number of anilines is 2. The molecule has 33 heavy (non-hydrogen) atoms. The van der Waals surface area contributed by atoms with Crippen molar-refractivity contribution in [1.29, 1.82) is 0 Å². The standard InChI is InChI=1S/C25H35N3O4S/c1-4-18-32-24-14-12-23(13-15-24)28(33(3,30)31)19-25(29)26-20(2)21-8-10-22(11-9-21)27-16-6-5-7-17-27/h8-15,20H,4-7,16-19H2,1-3H3,(H,26,29). The summed E-state index contributed by atoms with van der Waals surface area (Å²) >= 11 is 0. The van der Waals surface area contributed by atoms with Crippen LogP contribution in [0.15, 0.2) is 48.5 Å². The summed E-state index contributed by atoms with van der Waals surface area (Å²) in [6.45, 7) is 6.39. The summed E-state index contributed by atoms with van der Waals surface area (Å²) in [5.41, 5.74) is 2.61. The Bertz CT molecular complexity index is 1000. The Hall–Kier alpha value is -2.74. The SMILES string of the molecule is CCCOc1ccc(N(CC(=O)NC(C)c2ccc(N3CCCCC3)cc2)S(C)(=O)=O)cc1. The number of hydrogen-bond donors (Lipinski definition) is 1. The number of carbonyl (C=O) groups is 1. The van der Waals surface area contributed by atoms with Gasteiger partial charge < -0.3 is 15.0 Å². The van der Waals surface area contributed by atoms with E-state index in [0.29, 0.717) is 18.0 Å². The third kappa shape index (κ3) is 7.12.